The van der Waals surface area contributed by atoms with Crippen LogP contribution in [0.25, 0.3) is 12.2 Å². The summed E-state index contributed by atoms with van der Waals surface area (Å²) >= 11 is 0. The largest absolute Gasteiger partial charge is 0.496 e. The molecular formula is C24H22N4O3. The Hall–Kier alpha value is -3.79. The van der Waals surface area contributed by atoms with E-state index < -0.39 is 0 Å². The zero-order valence-corrected chi connectivity index (χ0v) is 17.2. The van der Waals surface area contributed by atoms with Crippen molar-refractivity contribution in [1.29, 1.82) is 5.26 Å². The summed E-state index contributed by atoms with van der Waals surface area (Å²) in [6.45, 7) is 2.12. The van der Waals surface area contributed by atoms with Crippen LogP contribution in [0.1, 0.15) is 35.2 Å². The highest BCUT2D eigenvalue weighted by Crippen LogP contribution is 2.38. The van der Waals surface area contributed by atoms with E-state index in [0.29, 0.717) is 30.8 Å². The molecule has 31 heavy (non-hydrogen) atoms. The Morgan fingerprint density at radius 2 is 2.03 bits per heavy atom. The molecule has 7 heteroatoms. The maximum atomic E-state index is 12.2. The number of aromatic nitrogens is 2. The van der Waals surface area contributed by atoms with E-state index in [1.807, 2.05) is 47.0 Å². The number of oxazole rings is 1. The molecule has 1 saturated heterocycles. The Labute approximate surface area is 179 Å². The number of fused-ring (bicyclic) bond motifs is 4. The SMILES string of the molecule is COc1ccccc1/C=C/c1nc(C#N)c(N2CC3CC(C2)c2cccc(=O)n2C3)o1. The Kier molecular flexibility index (Phi) is 4.83. The molecule has 2 aliphatic heterocycles. The second kappa shape index (κ2) is 7.80. The van der Waals surface area contributed by atoms with E-state index in [1.165, 1.54) is 0 Å². The van der Waals surface area contributed by atoms with Gasteiger partial charge in [-0.2, -0.15) is 10.2 Å². The van der Waals surface area contributed by atoms with Crippen LogP contribution in [-0.2, 0) is 6.54 Å². The molecule has 2 aliphatic rings. The molecule has 4 heterocycles. The van der Waals surface area contributed by atoms with Crippen molar-refractivity contribution in [3.63, 3.8) is 0 Å². The van der Waals surface area contributed by atoms with E-state index in [1.54, 1.807) is 19.3 Å². The molecule has 0 N–H and O–H groups in total. The van der Waals surface area contributed by atoms with Gasteiger partial charge in [-0.1, -0.05) is 24.3 Å². The van der Waals surface area contributed by atoms with Crippen molar-refractivity contribution in [3.8, 4) is 11.8 Å². The van der Waals surface area contributed by atoms with Crippen LogP contribution in [0.2, 0.25) is 0 Å². The van der Waals surface area contributed by atoms with Gasteiger partial charge in [0.2, 0.25) is 17.5 Å². The quantitative estimate of drug-likeness (QED) is 0.650. The highest BCUT2D eigenvalue weighted by Gasteiger charge is 2.36. The van der Waals surface area contributed by atoms with Gasteiger partial charge in [0.25, 0.3) is 5.56 Å². The van der Waals surface area contributed by atoms with E-state index in [0.717, 1.165) is 30.0 Å². The van der Waals surface area contributed by atoms with Gasteiger partial charge in [-0.3, -0.25) is 4.79 Å². The first-order chi connectivity index (χ1) is 15.2. The van der Waals surface area contributed by atoms with Crippen LogP contribution in [0, 0.1) is 17.2 Å². The number of hydrogen-bond donors (Lipinski definition) is 0. The maximum absolute atomic E-state index is 12.2. The fourth-order valence-electron chi connectivity index (χ4n) is 4.71. The number of para-hydroxylation sites is 1. The van der Waals surface area contributed by atoms with Gasteiger partial charge in [-0.05, 0) is 30.5 Å². The highest BCUT2D eigenvalue weighted by molar-refractivity contribution is 5.70. The smallest absolute Gasteiger partial charge is 0.250 e. The monoisotopic (exact) mass is 414 g/mol. The molecule has 3 aromatic rings. The lowest BCUT2D eigenvalue weighted by atomic mass is 9.83. The van der Waals surface area contributed by atoms with E-state index in [4.69, 9.17) is 9.15 Å². The van der Waals surface area contributed by atoms with E-state index in [2.05, 4.69) is 16.0 Å². The third-order valence-electron chi connectivity index (χ3n) is 6.04. The molecule has 0 spiro atoms. The summed E-state index contributed by atoms with van der Waals surface area (Å²) in [6, 6.07) is 15.3. The highest BCUT2D eigenvalue weighted by atomic mass is 16.5. The average Bonchev–Trinajstić information content (AvgIpc) is 3.22. The Bertz CT molecular complexity index is 1250. The van der Waals surface area contributed by atoms with Crippen molar-refractivity contribution in [2.24, 2.45) is 5.92 Å². The number of nitrogens with zero attached hydrogens (tertiary/aromatic N) is 4. The fourth-order valence-corrected chi connectivity index (χ4v) is 4.71. The number of benzene rings is 1. The summed E-state index contributed by atoms with van der Waals surface area (Å²) in [5.41, 5.74) is 2.30. The fraction of sp³-hybridized carbons (Fsp3) is 0.292. The van der Waals surface area contributed by atoms with Crippen molar-refractivity contribution in [1.82, 2.24) is 9.55 Å². The van der Waals surface area contributed by atoms with Gasteiger partial charge in [0.05, 0.1) is 7.11 Å². The lowest BCUT2D eigenvalue weighted by Gasteiger charge is -2.42. The van der Waals surface area contributed by atoms with Gasteiger partial charge in [-0.15, -0.1) is 0 Å². The Balaban J connectivity index is 1.43. The van der Waals surface area contributed by atoms with Gasteiger partial charge in [0, 0.05) is 49.0 Å². The van der Waals surface area contributed by atoms with Gasteiger partial charge in [0.1, 0.15) is 11.8 Å². The summed E-state index contributed by atoms with van der Waals surface area (Å²) in [5, 5.41) is 9.64. The molecule has 2 atom stereocenters. The molecule has 0 radical (unpaired) electrons. The summed E-state index contributed by atoms with van der Waals surface area (Å²) in [6.07, 6.45) is 4.65. The molecule has 7 nitrogen and oxygen atoms in total. The standard InChI is InChI=1S/C24H22N4O3/c1-30-21-7-3-2-5-17(21)9-10-22-26-19(12-25)24(31-22)27-13-16-11-18(15-27)20-6-4-8-23(29)28(20)14-16/h2-10,16,18H,11,13-15H2,1H3/b10-9+. The van der Waals surface area contributed by atoms with Crippen LogP contribution in [-0.4, -0.2) is 29.8 Å². The molecule has 2 unspecified atom stereocenters. The number of nitriles is 1. The number of ether oxygens (including phenoxy) is 1. The molecule has 2 bridgehead atoms. The van der Waals surface area contributed by atoms with E-state index in [9.17, 15) is 10.1 Å². The minimum absolute atomic E-state index is 0.0572. The first-order valence-corrected chi connectivity index (χ1v) is 10.3. The number of anilines is 1. The topological polar surface area (TPSA) is 84.3 Å². The van der Waals surface area contributed by atoms with Crippen LogP contribution in [0.3, 0.4) is 0 Å². The van der Waals surface area contributed by atoms with Crippen molar-refractivity contribution >= 4 is 18.0 Å². The molecular weight excluding hydrogens is 392 g/mol. The summed E-state index contributed by atoms with van der Waals surface area (Å²) in [7, 11) is 1.63. The normalized spacial score (nSPS) is 19.8. The third-order valence-corrected chi connectivity index (χ3v) is 6.04. The summed E-state index contributed by atoms with van der Waals surface area (Å²) < 4.78 is 13.3. The predicted molar refractivity (Wildman–Crippen MR) is 117 cm³/mol. The summed E-state index contributed by atoms with van der Waals surface area (Å²) in [5.74, 6) is 2.19. The third kappa shape index (κ3) is 3.50. The van der Waals surface area contributed by atoms with Crippen LogP contribution in [0.5, 0.6) is 5.75 Å². The predicted octanol–water partition coefficient (Wildman–Crippen LogP) is 3.51. The molecule has 0 saturated carbocycles. The minimum atomic E-state index is 0.0572. The molecule has 2 aromatic heterocycles. The van der Waals surface area contributed by atoms with Gasteiger partial charge in [-0.25, -0.2) is 0 Å². The van der Waals surface area contributed by atoms with Crippen LogP contribution >= 0.6 is 0 Å². The number of piperidine rings is 1. The lowest BCUT2D eigenvalue weighted by molar-refractivity contribution is 0.275. The Morgan fingerprint density at radius 1 is 1.16 bits per heavy atom. The number of hydrogen-bond acceptors (Lipinski definition) is 6. The van der Waals surface area contributed by atoms with Crippen molar-refractivity contribution in [2.45, 2.75) is 18.9 Å². The maximum Gasteiger partial charge on any atom is 0.250 e. The van der Waals surface area contributed by atoms with Gasteiger partial charge >= 0.3 is 0 Å². The number of pyridine rings is 1. The van der Waals surface area contributed by atoms with Crippen LogP contribution in [0.15, 0.2) is 51.7 Å². The van der Waals surface area contributed by atoms with Crippen LogP contribution < -0.4 is 15.2 Å². The van der Waals surface area contributed by atoms with Gasteiger partial charge < -0.3 is 18.6 Å². The molecule has 156 valence electrons. The Morgan fingerprint density at radius 3 is 2.87 bits per heavy atom. The second-order valence-corrected chi connectivity index (χ2v) is 8.00. The zero-order valence-electron chi connectivity index (χ0n) is 17.2. The molecule has 1 aromatic carbocycles. The zero-order chi connectivity index (χ0) is 21.4. The first-order valence-electron chi connectivity index (χ1n) is 10.3. The van der Waals surface area contributed by atoms with Gasteiger partial charge in [0.15, 0.2) is 0 Å². The van der Waals surface area contributed by atoms with Crippen molar-refractivity contribution in [2.75, 3.05) is 25.1 Å². The summed E-state index contributed by atoms with van der Waals surface area (Å²) in [4.78, 5) is 18.7. The average molecular weight is 414 g/mol. The molecule has 1 fully saturated rings. The van der Waals surface area contributed by atoms with E-state index in [-0.39, 0.29) is 17.2 Å². The van der Waals surface area contributed by atoms with Crippen molar-refractivity contribution < 1.29 is 9.15 Å². The van der Waals surface area contributed by atoms with Crippen LogP contribution in [0.4, 0.5) is 5.88 Å². The molecule has 5 rings (SSSR count). The first kappa shape index (κ1) is 19.2. The number of rotatable bonds is 4. The number of methoxy groups -OCH3 is 1. The molecule has 0 amide bonds. The second-order valence-electron chi connectivity index (χ2n) is 8.00. The van der Waals surface area contributed by atoms with E-state index >= 15 is 0 Å². The molecule has 0 aliphatic carbocycles. The minimum Gasteiger partial charge on any atom is -0.496 e. The lowest BCUT2D eigenvalue weighted by Crippen LogP contribution is -2.47. The van der Waals surface area contributed by atoms with Crippen molar-refractivity contribution in [3.05, 3.63) is 75.7 Å².